The van der Waals surface area contributed by atoms with Gasteiger partial charge in [0.1, 0.15) is 0 Å². The first-order valence-corrected chi connectivity index (χ1v) is 10.7. The van der Waals surface area contributed by atoms with E-state index in [9.17, 15) is 0 Å². The molecule has 0 atom stereocenters. The van der Waals surface area contributed by atoms with Crippen molar-refractivity contribution in [1.82, 2.24) is 0 Å². The van der Waals surface area contributed by atoms with Crippen molar-refractivity contribution >= 4 is 70.7 Å². The van der Waals surface area contributed by atoms with Crippen LogP contribution in [0.15, 0.2) is 10.8 Å². The Hall–Kier alpha value is 2.19. The maximum absolute atomic E-state index is 2.11. The summed E-state index contributed by atoms with van der Waals surface area (Å²) in [6.45, 7) is 0. The molecule has 0 aromatic carbocycles. The second-order valence-electron chi connectivity index (χ2n) is 0.805. The third kappa shape index (κ3) is 5.46. The van der Waals surface area contributed by atoms with Crippen LogP contribution in [0.4, 0.5) is 0 Å². The largest absolute Gasteiger partial charge is 0.0527 e. The topological polar surface area (TPSA) is 0 Å². The van der Waals surface area contributed by atoms with Crippen LogP contribution >= 0.6 is 70.7 Å². The van der Waals surface area contributed by atoms with Gasteiger partial charge in [0.15, 0.2) is 0 Å². The van der Waals surface area contributed by atoms with E-state index >= 15 is 0 Å². The van der Waals surface area contributed by atoms with Gasteiger partial charge in [-0.15, -0.1) is 0 Å². The SMILES string of the molecule is C1=CSSSSSSS1. The summed E-state index contributed by atoms with van der Waals surface area (Å²) in [5, 5.41) is 4.23. The third-order valence-corrected chi connectivity index (χ3v) is 12.6. The molecule has 0 nitrogen and oxygen atoms in total. The zero-order valence-electron chi connectivity index (χ0n) is 4.01. The van der Waals surface area contributed by atoms with Crippen LogP contribution in [0.5, 0.6) is 0 Å². The van der Waals surface area contributed by atoms with Gasteiger partial charge in [-0.2, -0.15) is 0 Å². The smallest absolute Gasteiger partial charge is 0.0000334 e. The summed E-state index contributed by atoms with van der Waals surface area (Å²) >= 11 is 0. The van der Waals surface area contributed by atoms with Gasteiger partial charge in [-0.3, -0.25) is 0 Å². The summed E-state index contributed by atoms with van der Waals surface area (Å²) in [4.78, 5) is 0. The van der Waals surface area contributed by atoms with Gasteiger partial charge in [0, 0.05) is 0 Å². The fraction of sp³-hybridized carbons (Fsp3) is 0. The molecule has 0 saturated heterocycles. The van der Waals surface area contributed by atoms with Gasteiger partial charge in [0.05, 0.1) is 0 Å². The predicted octanol–water partition coefficient (Wildman–Crippen LogP) is 5.09. The highest BCUT2D eigenvalue weighted by molar-refractivity contribution is 9.46. The van der Waals surface area contributed by atoms with Crippen LogP contribution in [0, 0.1) is 0 Å². The molecular formula is C2H2S7. The van der Waals surface area contributed by atoms with Gasteiger partial charge in [0.2, 0.25) is 0 Å². The minimum absolute atomic E-state index is 1.77. The first-order chi connectivity index (χ1) is 4.50. The molecule has 0 aromatic rings. The Kier molecular flexibility index (Phi) is 7.09. The van der Waals surface area contributed by atoms with E-state index in [0.717, 1.165) is 0 Å². The summed E-state index contributed by atoms with van der Waals surface area (Å²) in [5.41, 5.74) is 0. The minimum atomic E-state index is 1.77. The molecule has 1 aliphatic rings. The Morgan fingerprint density at radius 1 is 0.556 bits per heavy atom. The molecule has 1 aliphatic heterocycles. The van der Waals surface area contributed by atoms with E-state index in [1.165, 1.54) is 0 Å². The summed E-state index contributed by atoms with van der Waals surface area (Å²) in [6, 6.07) is 0. The van der Waals surface area contributed by atoms with Crippen LogP contribution < -0.4 is 0 Å². The molecule has 0 N–H and O–H groups in total. The summed E-state index contributed by atoms with van der Waals surface area (Å²) in [5.74, 6) is 0. The molecule has 0 aliphatic carbocycles. The number of hydrogen-bond donors (Lipinski definition) is 0. The molecule has 0 aromatic heterocycles. The van der Waals surface area contributed by atoms with Crippen LogP contribution in [0.1, 0.15) is 0 Å². The van der Waals surface area contributed by atoms with E-state index in [1.807, 2.05) is 29.5 Å². The summed E-state index contributed by atoms with van der Waals surface area (Å²) in [7, 11) is 12.6. The van der Waals surface area contributed by atoms with E-state index in [1.54, 1.807) is 41.2 Å². The van der Waals surface area contributed by atoms with Crippen molar-refractivity contribution in [3.8, 4) is 0 Å². The van der Waals surface area contributed by atoms with Crippen molar-refractivity contribution in [2.24, 2.45) is 0 Å². The molecule has 0 saturated carbocycles. The Morgan fingerprint density at radius 3 is 1.56 bits per heavy atom. The van der Waals surface area contributed by atoms with Crippen LogP contribution in [-0.2, 0) is 0 Å². The lowest BCUT2D eigenvalue weighted by Crippen LogP contribution is -1.32. The van der Waals surface area contributed by atoms with Gasteiger partial charge < -0.3 is 0 Å². The highest BCUT2D eigenvalue weighted by Gasteiger charge is 1.94. The molecule has 0 radical (unpaired) electrons. The molecule has 0 fully saturated rings. The van der Waals surface area contributed by atoms with Gasteiger partial charge in [-0.25, -0.2) is 0 Å². The Balaban J connectivity index is 2.15. The summed E-state index contributed by atoms with van der Waals surface area (Å²) in [6.07, 6.45) is 0. The molecule has 0 spiro atoms. The van der Waals surface area contributed by atoms with Gasteiger partial charge in [-0.1, -0.05) is 21.6 Å². The van der Waals surface area contributed by atoms with Crippen LogP contribution in [0.2, 0.25) is 0 Å². The van der Waals surface area contributed by atoms with Crippen molar-refractivity contribution in [3.63, 3.8) is 0 Å². The molecular weight excluding hydrogens is 248 g/mol. The fourth-order valence-electron chi connectivity index (χ4n) is 0.157. The zero-order chi connectivity index (χ0) is 6.36. The van der Waals surface area contributed by atoms with Crippen molar-refractivity contribution < 1.29 is 0 Å². The summed E-state index contributed by atoms with van der Waals surface area (Å²) < 4.78 is 0. The molecule has 52 valence electrons. The second kappa shape index (κ2) is 6.87. The Labute approximate surface area is 80.7 Å². The Morgan fingerprint density at radius 2 is 1.00 bits per heavy atom. The van der Waals surface area contributed by atoms with Crippen molar-refractivity contribution in [2.75, 3.05) is 0 Å². The predicted molar refractivity (Wildman–Crippen MR) is 62.3 cm³/mol. The molecule has 0 bridgehead atoms. The van der Waals surface area contributed by atoms with Crippen LogP contribution in [0.3, 0.4) is 0 Å². The highest BCUT2D eigenvalue weighted by atomic mass is 33.9. The lowest BCUT2D eigenvalue weighted by atomic mass is 11.3. The molecule has 1 rings (SSSR count). The third-order valence-electron chi connectivity index (χ3n) is 0.356. The van der Waals surface area contributed by atoms with Gasteiger partial charge in [-0.05, 0) is 59.9 Å². The van der Waals surface area contributed by atoms with Crippen LogP contribution in [-0.4, -0.2) is 0 Å². The van der Waals surface area contributed by atoms with Gasteiger partial charge >= 0.3 is 0 Å². The van der Waals surface area contributed by atoms with E-state index in [2.05, 4.69) is 10.8 Å². The number of hydrogen-bond acceptors (Lipinski definition) is 7. The van der Waals surface area contributed by atoms with E-state index in [-0.39, 0.29) is 0 Å². The Bertz CT molecular complexity index is 78.9. The van der Waals surface area contributed by atoms with E-state index < -0.39 is 0 Å². The zero-order valence-corrected chi connectivity index (χ0v) is 9.73. The maximum Gasteiger partial charge on any atom is -0.0000334 e. The quantitative estimate of drug-likeness (QED) is 0.542. The molecule has 9 heavy (non-hydrogen) atoms. The normalized spacial score (nSPS) is 22.2. The average Bonchev–Trinajstić information content (AvgIpc) is 2.00. The van der Waals surface area contributed by atoms with E-state index in [4.69, 9.17) is 0 Å². The molecule has 1 heterocycles. The van der Waals surface area contributed by atoms with Crippen molar-refractivity contribution in [2.45, 2.75) is 0 Å². The van der Waals surface area contributed by atoms with Crippen molar-refractivity contribution in [1.29, 1.82) is 0 Å². The fourth-order valence-corrected chi connectivity index (χ4v) is 13.3. The maximum atomic E-state index is 2.11. The van der Waals surface area contributed by atoms with E-state index in [0.29, 0.717) is 0 Å². The molecule has 0 unspecified atom stereocenters. The first-order valence-electron chi connectivity index (χ1n) is 1.80. The first kappa shape index (κ1) is 9.28. The average molecular weight is 251 g/mol. The monoisotopic (exact) mass is 250 g/mol. The van der Waals surface area contributed by atoms with Gasteiger partial charge in [0.25, 0.3) is 0 Å². The molecule has 0 amide bonds. The highest BCUT2D eigenvalue weighted by Crippen LogP contribution is 2.57. The minimum Gasteiger partial charge on any atom is -0.0527 e. The lowest BCUT2D eigenvalue weighted by molar-refractivity contribution is 2.60. The lowest BCUT2D eigenvalue weighted by Gasteiger charge is -1.89. The molecule has 7 heteroatoms. The van der Waals surface area contributed by atoms with Crippen molar-refractivity contribution in [3.05, 3.63) is 10.8 Å². The standard InChI is InChI=1S/C2H2S7/c1-2-4-6-8-9-7-5-3-1/h1-2H. The second-order valence-corrected chi connectivity index (χ2v) is 11.7. The number of rotatable bonds is 0. The van der Waals surface area contributed by atoms with Crippen LogP contribution in [0.25, 0.3) is 0 Å².